The van der Waals surface area contributed by atoms with Gasteiger partial charge in [0, 0.05) is 25.0 Å². The van der Waals surface area contributed by atoms with E-state index in [4.69, 9.17) is 9.84 Å². The summed E-state index contributed by atoms with van der Waals surface area (Å²) in [6, 6.07) is 0. The minimum atomic E-state index is -0.826. The van der Waals surface area contributed by atoms with Gasteiger partial charge in [0.15, 0.2) is 5.16 Å². The number of carboxylic acid groups (broad SMARTS) is 1. The molecule has 0 aliphatic carbocycles. The molecule has 1 aromatic heterocycles. The first kappa shape index (κ1) is 15.3. The zero-order valence-electron chi connectivity index (χ0n) is 11.9. The second kappa shape index (κ2) is 7.10. The fraction of sp³-hybridized carbons (Fsp3) is 0.692. The maximum absolute atomic E-state index is 10.7. The number of hydrogen-bond donors (Lipinski definition) is 1. The van der Waals surface area contributed by atoms with Crippen molar-refractivity contribution in [2.24, 2.45) is 0 Å². The number of ether oxygens (including phenoxy) is 1. The molecule has 1 aromatic rings. The van der Waals surface area contributed by atoms with Gasteiger partial charge in [0.1, 0.15) is 0 Å². The van der Waals surface area contributed by atoms with Gasteiger partial charge in [-0.05, 0) is 13.5 Å². The molecule has 1 unspecified atom stereocenters. The van der Waals surface area contributed by atoms with E-state index in [2.05, 4.69) is 21.4 Å². The van der Waals surface area contributed by atoms with Crippen LogP contribution in [0, 0.1) is 6.92 Å². The van der Waals surface area contributed by atoms with Crippen molar-refractivity contribution in [3.05, 3.63) is 11.9 Å². The number of carboxylic acids is 1. The number of hydrogen-bond acceptors (Lipinski definition) is 5. The highest BCUT2D eigenvalue weighted by Crippen LogP contribution is 2.20. The zero-order valence-corrected chi connectivity index (χ0v) is 12.7. The second-order valence-corrected chi connectivity index (χ2v) is 5.80. The van der Waals surface area contributed by atoms with Crippen LogP contribution >= 0.6 is 11.8 Å². The molecule has 2 heterocycles. The van der Waals surface area contributed by atoms with Crippen molar-refractivity contribution in [3.8, 4) is 0 Å². The Hall–Kier alpha value is -1.05. The average Bonchev–Trinajstić information content (AvgIpc) is 2.78. The van der Waals surface area contributed by atoms with E-state index in [0.717, 1.165) is 43.6 Å². The van der Waals surface area contributed by atoms with Crippen molar-refractivity contribution >= 4 is 17.7 Å². The highest BCUT2D eigenvalue weighted by atomic mass is 32.2. The van der Waals surface area contributed by atoms with Crippen LogP contribution in [-0.4, -0.2) is 63.6 Å². The summed E-state index contributed by atoms with van der Waals surface area (Å²) in [5, 5.41) is 9.52. The number of carbonyl (C=O) groups is 1. The van der Waals surface area contributed by atoms with E-state index in [9.17, 15) is 4.79 Å². The molecule has 0 spiro atoms. The van der Waals surface area contributed by atoms with Crippen molar-refractivity contribution in [2.75, 3.05) is 32.0 Å². The molecule has 1 aliphatic rings. The lowest BCUT2D eigenvalue weighted by atomic mass is 10.2. The van der Waals surface area contributed by atoms with Crippen LogP contribution in [0.3, 0.4) is 0 Å². The highest BCUT2D eigenvalue weighted by molar-refractivity contribution is 7.99. The Kier molecular flexibility index (Phi) is 5.45. The van der Waals surface area contributed by atoms with Crippen LogP contribution in [-0.2, 0) is 16.1 Å². The molecule has 0 radical (unpaired) electrons. The van der Waals surface area contributed by atoms with E-state index in [1.165, 1.54) is 11.8 Å². The molecule has 0 saturated carbocycles. The minimum absolute atomic E-state index is 0.0308. The molecule has 6 nitrogen and oxygen atoms in total. The Balaban J connectivity index is 2.00. The number of aryl methyl sites for hydroxylation is 1. The molecule has 0 aromatic carbocycles. The topological polar surface area (TPSA) is 67.6 Å². The molecule has 1 atom stereocenters. The van der Waals surface area contributed by atoms with Crippen molar-refractivity contribution in [1.29, 1.82) is 0 Å². The van der Waals surface area contributed by atoms with E-state index in [-0.39, 0.29) is 11.9 Å². The number of nitrogens with zero attached hydrogens (tertiary/aromatic N) is 3. The number of rotatable bonds is 6. The van der Waals surface area contributed by atoms with Crippen molar-refractivity contribution in [3.63, 3.8) is 0 Å². The zero-order chi connectivity index (χ0) is 14.5. The molecule has 2 rings (SSSR count). The van der Waals surface area contributed by atoms with Crippen LogP contribution in [0.4, 0.5) is 0 Å². The van der Waals surface area contributed by atoms with Gasteiger partial charge in [0.25, 0.3) is 0 Å². The molecule has 1 fully saturated rings. The summed E-state index contributed by atoms with van der Waals surface area (Å²) in [6.07, 6.45) is 1.92. The van der Waals surface area contributed by atoms with Crippen molar-refractivity contribution in [2.45, 2.75) is 31.7 Å². The third-order valence-electron chi connectivity index (χ3n) is 3.40. The number of likely N-dealkylation sites (N-methyl/N-ethyl adjacent to an activating group) is 1. The standard InChI is InChI=1S/C13H21N3O3S/c1-3-15-4-5-19-11(7-15)8-16-10(2)6-14-13(16)20-9-12(17)18/h6,11H,3-5,7-9H2,1-2H3,(H,17,18). The first-order chi connectivity index (χ1) is 9.60. The number of thioether (sulfide) groups is 1. The maximum Gasteiger partial charge on any atom is 0.313 e. The Morgan fingerprint density at radius 3 is 3.15 bits per heavy atom. The van der Waals surface area contributed by atoms with Gasteiger partial charge < -0.3 is 14.4 Å². The predicted octanol–water partition coefficient (Wildman–Crippen LogP) is 1.09. The van der Waals surface area contributed by atoms with Gasteiger partial charge in [0.2, 0.25) is 0 Å². The minimum Gasteiger partial charge on any atom is -0.481 e. The van der Waals surface area contributed by atoms with Gasteiger partial charge in [0.05, 0.1) is 25.0 Å². The lowest BCUT2D eigenvalue weighted by Crippen LogP contribution is -2.44. The summed E-state index contributed by atoms with van der Waals surface area (Å²) in [5.41, 5.74) is 1.04. The smallest absolute Gasteiger partial charge is 0.313 e. The van der Waals surface area contributed by atoms with Crippen LogP contribution in [0.15, 0.2) is 11.4 Å². The molecule has 1 aliphatic heterocycles. The fourth-order valence-electron chi connectivity index (χ4n) is 2.28. The van der Waals surface area contributed by atoms with Crippen LogP contribution in [0.5, 0.6) is 0 Å². The van der Waals surface area contributed by atoms with E-state index in [0.29, 0.717) is 0 Å². The number of aliphatic carboxylic acids is 1. The molecule has 20 heavy (non-hydrogen) atoms. The first-order valence-electron chi connectivity index (χ1n) is 6.80. The summed E-state index contributed by atoms with van der Waals surface area (Å²) in [6.45, 7) is 8.54. The van der Waals surface area contributed by atoms with Crippen LogP contribution in [0.2, 0.25) is 0 Å². The molecular formula is C13H21N3O3S. The van der Waals surface area contributed by atoms with Gasteiger partial charge >= 0.3 is 5.97 Å². The number of aromatic nitrogens is 2. The Morgan fingerprint density at radius 1 is 1.65 bits per heavy atom. The van der Waals surface area contributed by atoms with E-state index < -0.39 is 5.97 Å². The Labute approximate surface area is 123 Å². The monoisotopic (exact) mass is 299 g/mol. The molecule has 0 amide bonds. The van der Waals surface area contributed by atoms with E-state index in [1.54, 1.807) is 6.20 Å². The average molecular weight is 299 g/mol. The fourth-order valence-corrected chi connectivity index (χ4v) is 3.04. The quantitative estimate of drug-likeness (QED) is 0.793. The summed E-state index contributed by atoms with van der Waals surface area (Å²) in [5.74, 6) is -0.795. The SMILES string of the molecule is CCN1CCOC(Cn2c(C)cnc2SCC(=O)O)C1. The van der Waals surface area contributed by atoms with Crippen LogP contribution < -0.4 is 0 Å². The predicted molar refractivity (Wildman–Crippen MR) is 77.2 cm³/mol. The molecule has 1 saturated heterocycles. The molecule has 1 N–H and O–H groups in total. The molecule has 7 heteroatoms. The summed E-state index contributed by atoms with van der Waals surface area (Å²) in [4.78, 5) is 17.3. The normalized spacial score (nSPS) is 20.2. The third-order valence-corrected chi connectivity index (χ3v) is 4.37. The highest BCUT2D eigenvalue weighted by Gasteiger charge is 2.21. The van der Waals surface area contributed by atoms with Gasteiger partial charge in [-0.1, -0.05) is 18.7 Å². The van der Waals surface area contributed by atoms with Gasteiger partial charge in [-0.25, -0.2) is 4.98 Å². The number of morpholine rings is 1. The maximum atomic E-state index is 10.7. The first-order valence-corrected chi connectivity index (χ1v) is 7.79. The summed E-state index contributed by atoms with van der Waals surface area (Å²) < 4.78 is 7.86. The molecule has 112 valence electrons. The summed E-state index contributed by atoms with van der Waals surface area (Å²) in [7, 11) is 0. The Morgan fingerprint density at radius 2 is 2.45 bits per heavy atom. The number of imidazole rings is 1. The second-order valence-electron chi connectivity index (χ2n) is 4.86. The van der Waals surface area contributed by atoms with Crippen LogP contribution in [0.25, 0.3) is 0 Å². The summed E-state index contributed by atoms with van der Waals surface area (Å²) >= 11 is 1.25. The van der Waals surface area contributed by atoms with Crippen LogP contribution in [0.1, 0.15) is 12.6 Å². The lowest BCUT2D eigenvalue weighted by molar-refractivity contribution is -0.133. The lowest BCUT2D eigenvalue weighted by Gasteiger charge is -2.32. The third kappa shape index (κ3) is 3.97. The van der Waals surface area contributed by atoms with E-state index >= 15 is 0 Å². The van der Waals surface area contributed by atoms with Crippen molar-refractivity contribution in [1.82, 2.24) is 14.5 Å². The van der Waals surface area contributed by atoms with Gasteiger partial charge in [-0.15, -0.1) is 0 Å². The molecular weight excluding hydrogens is 278 g/mol. The van der Waals surface area contributed by atoms with Gasteiger partial charge in [-0.3, -0.25) is 9.69 Å². The van der Waals surface area contributed by atoms with Gasteiger partial charge in [-0.2, -0.15) is 0 Å². The largest absolute Gasteiger partial charge is 0.481 e. The van der Waals surface area contributed by atoms with Crippen molar-refractivity contribution < 1.29 is 14.6 Å². The van der Waals surface area contributed by atoms with E-state index in [1.807, 2.05) is 6.92 Å². The molecule has 0 bridgehead atoms. The Bertz CT molecular complexity index is 464.